The number of nitrogens with zero attached hydrogens (tertiary/aromatic N) is 1. The maximum absolute atomic E-state index is 12.2. The number of hydrogen-bond donors (Lipinski definition) is 3. The first-order valence-corrected chi connectivity index (χ1v) is 10.3. The SMILES string of the molecule is CC(C)CCNC(=O)c1cc2cc(N3CC(=O)NS3(=O)=O)c(O)cc2s1. The molecule has 2 aromatic rings. The highest BCUT2D eigenvalue weighted by Gasteiger charge is 2.35. The van der Waals surface area contributed by atoms with E-state index in [-0.39, 0.29) is 17.3 Å². The molecule has 2 heterocycles. The zero-order valence-electron chi connectivity index (χ0n) is 14.3. The van der Waals surface area contributed by atoms with Gasteiger partial charge in [0.05, 0.1) is 10.6 Å². The number of anilines is 1. The molecule has 140 valence electrons. The molecule has 1 aromatic heterocycles. The lowest BCUT2D eigenvalue weighted by molar-refractivity contribution is -0.117. The molecule has 1 fully saturated rings. The summed E-state index contributed by atoms with van der Waals surface area (Å²) in [6, 6.07) is 4.51. The van der Waals surface area contributed by atoms with Gasteiger partial charge in [0.1, 0.15) is 12.3 Å². The zero-order chi connectivity index (χ0) is 19.1. The number of phenolic OH excluding ortho intramolecular Hbond substituents is 1. The van der Waals surface area contributed by atoms with Gasteiger partial charge in [-0.05, 0) is 35.9 Å². The van der Waals surface area contributed by atoms with Crippen LogP contribution in [0.4, 0.5) is 5.69 Å². The van der Waals surface area contributed by atoms with Gasteiger partial charge in [-0.15, -0.1) is 11.3 Å². The van der Waals surface area contributed by atoms with E-state index in [1.54, 1.807) is 6.07 Å². The Kier molecular flexibility index (Phi) is 4.80. The maximum Gasteiger partial charge on any atom is 0.326 e. The number of carbonyl (C=O) groups is 2. The molecule has 0 spiro atoms. The molecule has 26 heavy (non-hydrogen) atoms. The van der Waals surface area contributed by atoms with E-state index in [0.717, 1.165) is 10.7 Å². The number of rotatable bonds is 5. The second kappa shape index (κ2) is 6.76. The molecule has 1 aliphatic heterocycles. The average Bonchev–Trinajstić information content (AvgIpc) is 3.05. The number of thiophene rings is 1. The number of aromatic hydroxyl groups is 1. The number of carbonyl (C=O) groups excluding carboxylic acids is 2. The Morgan fingerprint density at radius 2 is 2.12 bits per heavy atom. The third kappa shape index (κ3) is 3.61. The molecule has 8 nitrogen and oxygen atoms in total. The van der Waals surface area contributed by atoms with Crippen molar-refractivity contribution in [1.82, 2.24) is 10.0 Å². The lowest BCUT2D eigenvalue weighted by Gasteiger charge is -2.16. The molecule has 0 aliphatic carbocycles. The van der Waals surface area contributed by atoms with Gasteiger partial charge in [0, 0.05) is 11.2 Å². The minimum atomic E-state index is -4.01. The van der Waals surface area contributed by atoms with Gasteiger partial charge in [0.2, 0.25) is 0 Å². The Balaban J connectivity index is 1.89. The average molecular weight is 397 g/mol. The molecule has 3 N–H and O–H groups in total. The Hall–Kier alpha value is -2.33. The minimum absolute atomic E-state index is 0.000385. The quantitative estimate of drug-likeness (QED) is 0.708. The highest BCUT2D eigenvalue weighted by Crippen LogP contribution is 2.38. The predicted molar refractivity (Wildman–Crippen MR) is 99.7 cm³/mol. The number of benzene rings is 1. The van der Waals surface area contributed by atoms with E-state index < -0.39 is 22.7 Å². The monoisotopic (exact) mass is 397 g/mol. The van der Waals surface area contributed by atoms with Crippen molar-refractivity contribution in [3.8, 4) is 5.75 Å². The van der Waals surface area contributed by atoms with Crippen molar-refractivity contribution in [2.75, 3.05) is 17.4 Å². The number of amides is 2. The fraction of sp³-hybridized carbons (Fsp3) is 0.375. The smallest absolute Gasteiger partial charge is 0.326 e. The summed E-state index contributed by atoms with van der Waals surface area (Å²) in [4.78, 5) is 24.1. The fourth-order valence-electron chi connectivity index (χ4n) is 2.60. The van der Waals surface area contributed by atoms with Gasteiger partial charge in [0.15, 0.2) is 0 Å². The number of hydrogen-bond acceptors (Lipinski definition) is 6. The van der Waals surface area contributed by atoms with Gasteiger partial charge in [-0.2, -0.15) is 8.42 Å². The van der Waals surface area contributed by atoms with Gasteiger partial charge in [0.25, 0.3) is 11.8 Å². The Labute approximate surface area is 155 Å². The number of nitrogens with one attached hydrogen (secondary N) is 2. The van der Waals surface area contributed by atoms with E-state index >= 15 is 0 Å². The molecule has 0 bridgehead atoms. The van der Waals surface area contributed by atoms with Crippen molar-refractivity contribution in [2.45, 2.75) is 20.3 Å². The van der Waals surface area contributed by atoms with Crippen molar-refractivity contribution in [1.29, 1.82) is 0 Å². The summed E-state index contributed by atoms with van der Waals surface area (Å²) in [6.07, 6.45) is 0.870. The first-order valence-electron chi connectivity index (χ1n) is 8.05. The molecule has 1 aromatic carbocycles. The molecule has 1 saturated heterocycles. The summed E-state index contributed by atoms with van der Waals surface area (Å²) in [5.41, 5.74) is 0.000385. The molecule has 0 atom stereocenters. The van der Waals surface area contributed by atoms with E-state index in [2.05, 4.69) is 19.2 Å². The Morgan fingerprint density at radius 3 is 2.73 bits per heavy atom. The normalized spacial score (nSPS) is 16.3. The molecule has 2 amide bonds. The summed E-state index contributed by atoms with van der Waals surface area (Å²) in [7, 11) is -4.01. The van der Waals surface area contributed by atoms with Crippen LogP contribution in [0.3, 0.4) is 0 Å². The van der Waals surface area contributed by atoms with Crippen molar-refractivity contribution in [3.05, 3.63) is 23.1 Å². The molecule has 3 rings (SSSR count). The lowest BCUT2D eigenvalue weighted by atomic mass is 10.1. The van der Waals surface area contributed by atoms with Crippen molar-refractivity contribution >= 4 is 49.1 Å². The van der Waals surface area contributed by atoms with Crippen LogP contribution in [0, 0.1) is 5.92 Å². The van der Waals surface area contributed by atoms with Crippen LogP contribution in [0.5, 0.6) is 5.75 Å². The second-order valence-corrected chi connectivity index (χ2v) is 9.14. The summed E-state index contributed by atoms with van der Waals surface area (Å²) in [6.45, 7) is 4.32. The van der Waals surface area contributed by atoms with Crippen LogP contribution in [0.15, 0.2) is 18.2 Å². The highest BCUT2D eigenvalue weighted by atomic mass is 32.2. The second-order valence-electron chi connectivity index (χ2n) is 6.46. The van der Waals surface area contributed by atoms with Gasteiger partial charge < -0.3 is 10.4 Å². The largest absolute Gasteiger partial charge is 0.506 e. The Bertz CT molecular complexity index is 981. The van der Waals surface area contributed by atoms with Crippen LogP contribution in [0.1, 0.15) is 29.9 Å². The molecule has 10 heteroatoms. The van der Waals surface area contributed by atoms with Crippen LogP contribution in [-0.2, 0) is 15.0 Å². The third-order valence-corrected chi connectivity index (χ3v) is 6.42. The van der Waals surface area contributed by atoms with Gasteiger partial charge in [-0.25, -0.2) is 9.03 Å². The van der Waals surface area contributed by atoms with Crippen molar-refractivity contribution in [2.24, 2.45) is 5.92 Å². The molecule has 0 unspecified atom stereocenters. The van der Waals surface area contributed by atoms with E-state index in [1.807, 2.05) is 4.72 Å². The van der Waals surface area contributed by atoms with E-state index in [0.29, 0.717) is 27.4 Å². The van der Waals surface area contributed by atoms with Crippen LogP contribution in [0.25, 0.3) is 10.1 Å². The molecule has 0 radical (unpaired) electrons. The topological polar surface area (TPSA) is 116 Å². The van der Waals surface area contributed by atoms with Crippen LogP contribution in [0.2, 0.25) is 0 Å². The molecule has 0 saturated carbocycles. The van der Waals surface area contributed by atoms with Gasteiger partial charge in [-0.1, -0.05) is 13.8 Å². The number of phenols is 1. The van der Waals surface area contributed by atoms with Gasteiger partial charge >= 0.3 is 10.2 Å². The highest BCUT2D eigenvalue weighted by molar-refractivity contribution is 7.92. The summed E-state index contributed by atoms with van der Waals surface area (Å²) >= 11 is 1.21. The number of fused-ring (bicyclic) bond motifs is 1. The first-order chi connectivity index (χ1) is 12.2. The van der Waals surface area contributed by atoms with E-state index in [4.69, 9.17) is 0 Å². The van der Waals surface area contributed by atoms with Crippen LogP contribution >= 0.6 is 11.3 Å². The summed E-state index contributed by atoms with van der Waals surface area (Å²) in [5.74, 6) is -0.666. The minimum Gasteiger partial charge on any atom is -0.506 e. The third-order valence-electron chi connectivity index (χ3n) is 3.93. The molecule has 1 aliphatic rings. The molecular formula is C16H19N3O5S2. The first kappa shape index (κ1) is 18.5. The van der Waals surface area contributed by atoms with E-state index in [1.165, 1.54) is 23.5 Å². The lowest BCUT2D eigenvalue weighted by Crippen LogP contribution is -2.29. The standard InChI is InChI=1S/C16H19N3O5S2/c1-9(2)3-4-17-16(22)14-6-10-5-11(12(20)7-13(10)25-14)19-8-15(21)18-26(19,23)24/h5-7,9,20H,3-4,8H2,1-2H3,(H,17,22)(H,18,21). The summed E-state index contributed by atoms with van der Waals surface area (Å²) in [5, 5.41) is 13.7. The van der Waals surface area contributed by atoms with E-state index in [9.17, 15) is 23.1 Å². The Morgan fingerprint density at radius 1 is 1.38 bits per heavy atom. The van der Waals surface area contributed by atoms with Crippen molar-refractivity contribution in [3.63, 3.8) is 0 Å². The molecular weight excluding hydrogens is 378 g/mol. The van der Waals surface area contributed by atoms with Gasteiger partial charge in [-0.3, -0.25) is 9.59 Å². The fourth-order valence-corrected chi connectivity index (χ4v) is 4.75. The van der Waals surface area contributed by atoms with Crippen LogP contribution in [-0.4, -0.2) is 38.4 Å². The summed E-state index contributed by atoms with van der Waals surface area (Å²) < 4.78 is 27.3. The van der Waals surface area contributed by atoms with Crippen LogP contribution < -0.4 is 14.3 Å². The zero-order valence-corrected chi connectivity index (χ0v) is 15.9. The predicted octanol–water partition coefficient (Wildman–Crippen LogP) is 1.56. The van der Waals surface area contributed by atoms with Crippen molar-refractivity contribution < 1.29 is 23.1 Å². The maximum atomic E-state index is 12.2.